The fourth-order valence-corrected chi connectivity index (χ4v) is 5.35. The third-order valence-corrected chi connectivity index (χ3v) is 6.92. The average molecular weight is 568 g/mol. The van der Waals surface area contributed by atoms with Gasteiger partial charge in [0.15, 0.2) is 10.8 Å². The Morgan fingerprint density at radius 3 is 2.63 bits per heavy atom. The molecule has 38 heavy (non-hydrogen) atoms. The zero-order valence-corrected chi connectivity index (χ0v) is 22.4. The standard InChI is InChI=1S/C22H25N5O9S2/c1-10(28)34-7-5-6-13-8-37-20-16(25-18(30)15(26-33-4)14-9-38-22(23)24-14)19(31)27(20)17(13)21(32)36-12(3)35-11(2)29/h5-6,9,12,16,20H,7-8H2,1-4H3,(H2,23,24)(H,25,30)/b6-5+,26-15-/t12?,16?,20-/m0/s1. The largest absolute Gasteiger partial charge is 0.462 e. The van der Waals surface area contributed by atoms with E-state index in [9.17, 15) is 24.0 Å². The highest BCUT2D eigenvalue weighted by molar-refractivity contribution is 8.00. The quantitative estimate of drug-likeness (QED) is 0.130. The number of hydrogen-bond acceptors (Lipinski definition) is 14. The minimum atomic E-state index is -1.21. The lowest BCUT2D eigenvalue weighted by atomic mass is 10.0. The van der Waals surface area contributed by atoms with Gasteiger partial charge in [0.1, 0.15) is 36.5 Å². The molecule has 0 aliphatic carbocycles. The summed E-state index contributed by atoms with van der Waals surface area (Å²) in [6.45, 7) is 3.72. The number of aromatic nitrogens is 1. The molecule has 2 aliphatic heterocycles. The summed E-state index contributed by atoms with van der Waals surface area (Å²) in [5, 5.41) is 7.41. The summed E-state index contributed by atoms with van der Waals surface area (Å²) in [4.78, 5) is 71.4. The Bertz CT molecular complexity index is 1230. The molecule has 3 heterocycles. The van der Waals surface area contributed by atoms with E-state index in [1.165, 1.54) is 55.2 Å². The number of hydrogen-bond donors (Lipinski definition) is 2. The van der Waals surface area contributed by atoms with Crippen LogP contribution in [0.1, 0.15) is 26.5 Å². The van der Waals surface area contributed by atoms with Gasteiger partial charge in [0, 0.05) is 31.9 Å². The second-order valence-electron chi connectivity index (χ2n) is 7.72. The van der Waals surface area contributed by atoms with E-state index in [0.717, 1.165) is 18.3 Å². The molecule has 2 unspecified atom stereocenters. The number of β-lactam (4-membered cyclic amide) rings is 1. The lowest BCUT2D eigenvalue weighted by Gasteiger charge is -2.49. The van der Waals surface area contributed by atoms with Crippen LogP contribution >= 0.6 is 23.1 Å². The predicted octanol–water partition coefficient (Wildman–Crippen LogP) is 0.301. The highest BCUT2D eigenvalue weighted by atomic mass is 32.2. The van der Waals surface area contributed by atoms with Crippen molar-refractivity contribution in [1.29, 1.82) is 0 Å². The first-order valence-corrected chi connectivity index (χ1v) is 13.0. The van der Waals surface area contributed by atoms with Gasteiger partial charge in [-0.05, 0) is 11.6 Å². The number of ether oxygens (including phenoxy) is 3. The van der Waals surface area contributed by atoms with Crippen LogP contribution in [0.5, 0.6) is 0 Å². The van der Waals surface area contributed by atoms with E-state index in [4.69, 9.17) is 24.8 Å². The fourth-order valence-electron chi connectivity index (χ4n) is 3.48. The first-order chi connectivity index (χ1) is 18.0. The van der Waals surface area contributed by atoms with Crippen LogP contribution in [-0.2, 0) is 43.0 Å². The summed E-state index contributed by atoms with van der Waals surface area (Å²) in [6, 6.07) is -0.995. The zero-order chi connectivity index (χ0) is 28.0. The minimum absolute atomic E-state index is 0.0471. The van der Waals surface area contributed by atoms with Crippen LogP contribution in [0.2, 0.25) is 0 Å². The van der Waals surface area contributed by atoms with E-state index in [0.29, 0.717) is 5.57 Å². The number of esters is 3. The smallest absolute Gasteiger partial charge is 0.358 e. The molecule has 1 aromatic heterocycles. The van der Waals surface area contributed by atoms with Gasteiger partial charge in [0.2, 0.25) is 6.29 Å². The predicted molar refractivity (Wildman–Crippen MR) is 135 cm³/mol. The number of nitrogens with two attached hydrogens (primary N) is 1. The molecule has 3 rings (SSSR count). The molecule has 2 aliphatic rings. The summed E-state index contributed by atoms with van der Waals surface area (Å²) in [6.07, 6.45) is 1.84. The monoisotopic (exact) mass is 567 g/mol. The van der Waals surface area contributed by atoms with Crippen LogP contribution in [0, 0.1) is 0 Å². The maximum Gasteiger partial charge on any atom is 0.358 e. The molecule has 0 aromatic carbocycles. The average Bonchev–Trinajstić information content (AvgIpc) is 3.27. The van der Waals surface area contributed by atoms with Crippen LogP contribution in [0.3, 0.4) is 0 Å². The number of nitrogen functional groups attached to an aromatic ring is 1. The molecule has 1 fully saturated rings. The molecule has 16 heteroatoms. The molecule has 2 amide bonds. The molecular weight excluding hydrogens is 542 g/mol. The van der Waals surface area contributed by atoms with Crippen molar-refractivity contribution in [2.24, 2.45) is 5.16 Å². The first kappa shape index (κ1) is 28.6. The number of fused-ring (bicyclic) bond motifs is 1. The van der Waals surface area contributed by atoms with Crippen molar-refractivity contribution >= 4 is 63.7 Å². The molecule has 3 N–H and O–H groups in total. The third kappa shape index (κ3) is 6.69. The molecule has 0 radical (unpaired) electrons. The van der Waals surface area contributed by atoms with Crippen molar-refractivity contribution in [1.82, 2.24) is 15.2 Å². The molecule has 0 saturated carbocycles. The lowest BCUT2D eigenvalue weighted by molar-refractivity contribution is -0.182. The summed E-state index contributed by atoms with van der Waals surface area (Å²) < 4.78 is 15.0. The Hall–Kier alpha value is -3.92. The van der Waals surface area contributed by atoms with Crippen molar-refractivity contribution < 1.29 is 43.0 Å². The SMILES string of the molecule is CO/N=C(\C(=O)NC1C(=O)N2C(C(=O)OC(C)OC(C)=O)=C(/C=C/COC(C)=O)CS[C@@H]12)c1csc(N)n1. The van der Waals surface area contributed by atoms with Crippen molar-refractivity contribution in [3.8, 4) is 0 Å². The third-order valence-electron chi connectivity index (χ3n) is 4.95. The summed E-state index contributed by atoms with van der Waals surface area (Å²) in [5.41, 5.74) is 5.98. The molecule has 14 nitrogen and oxygen atoms in total. The fraction of sp³-hybridized carbons (Fsp3) is 0.409. The Morgan fingerprint density at radius 2 is 2.03 bits per heavy atom. The Morgan fingerprint density at radius 1 is 1.29 bits per heavy atom. The number of thioether (sulfide) groups is 1. The van der Waals surface area contributed by atoms with Gasteiger partial charge < -0.3 is 30.1 Å². The molecule has 1 aromatic rings. The van der Waals surface area contributed by atoms with Gasteiger partial charge in [-0.3, -0.25) is 24.1 Å². The number of thiazole rings is 1. The molecule has 0 bridgehead atoms. The summed E-state index contributed by atoms with van der Waals surface area (Å²) in [7, 11) is 1.26. The minimum Gasteiger partial charge on any atom is -0.462 e. The number of nitrogens with one attached hydrogen (secondary N) is 1. The number of allylic oxidation sites excluding steroid dienone is 1. The van der Waals surface area contributed by atoms with Gasteiger partial charge in [-0.1, -0.05) is 11.2 Å². The topological polar surface area (TPSA) is 189 Å². The number of carbonyl (C=O) groups is 5. The molecule has 204 valence electrons. The number of amides is 2. The van der Waals surface area contributed by atoms with Crippen molar-refractivity contribution in [3.63, 3.8) is 0 Å². The number of rotatable bonds is 10. The Labute approximate surface area is 225 Å². The number of carbonyl (C=O) groups excluding carboxylic acids is 5. The van der Waals surface area contributed by atoms with Crippen LogP contribution < -0.4 is 11.1 Å². The van der Waals surface area contributed by atoms with E-state index < -0.39 is 47.4 Å². The van der Waals surface area contributed by atoms with Gasteiger partial charge in [0.25, 0.3) is 11.8 Å². The van der Waals surface area contributed by atoms with E-state index in [1.807, 2.05) is 0 Å². The number of oxime groups is 1. The van der Waals surface area contributed by atoms with Gasteiger partial charge in [-0.15, -0.1) is 23.1 Å². The van der Waals surface area contributed by atoms with Gasteiger partial charge in [-0.2, -0.15) is 0 Å². The second-order valence-corrected chi connectivity index (χ2v) is 9.71. The van der Waals surface area contributed by atoms with Crippen molar-refractivity contribution in [2.75, 3.05) is 25.2 Å². The maximum absolute atomic E-state index is 13.2. The van der Waals surface area contributed by atoms with E-state index >= 15 is 0 Å². The number of anilines is 1. The van der Waals surface area contributed by atoms with Crippen LogP contribution in [0.15, 0.2) is 34.0 Å². The van der Waals surface area contributed by atoms with Crippen LogP contribution in [0.25, 0.3) is 0 Å². The van der Waals surface area contributed by atoms with E-state index in [-0.39, 0.29) is 34.6 Å². The number of nitrogens with zero attached hydrogens (tertiary/aromatic N) is 3. The van der Waals surface area contributed by atoms with E-state index in [2.05, 4.69) is 15.5 Å². The van der Waals surface area contributed by atoms with Gasteiger partial charge >= 0.3 is 17.9 Å². The molecular formula is C22H25N5O9S2. The first-order valence-electron chi connectivity index (χ1n) is 11.0. The molecule has 3 atom stereocenters. The Kier molecular flexibility index (Phi) is 9.46. The lowest BCUT2D eigenvalue weighted by Crippen LogP contribution is -2.71. The highest BCUT2D eigenvalue weighted by Crippen LogP contribution is 2.41. The second kappa shape index (κ2) is 12.6. The van der Waals surface area contributed by atoms with Crippen molar-refractivity contribution in [2.45, 2.75) is 38.5 Å². The van der Waals surface area contributed by atoms with Gasteiger partial charge in [0.05, 0.1) is 0 Å². The maximum atomic E-state index is 13.2. The van der Waals surface area contributed by atoms with Crippen LogP contribution in [-0.4, -0.2) is 82.5 Å². The highest BCUT2D eigenvalue weighted by Gasteiger charge is 2.54. The summed E-state index contributed by atoms with van der Waals surface area (Å²) >= 11 is 2.39. The van der Waals surface area contributed by atoms with Gasteiger partial charge in [-0.25, -0.2) is 9.78 Å². The molecule has 1 saturated heterocycles. The Balaban J connectivity index is 1.82. The van der Waals surface area contributed by atoms with Crippen molar-refractivity contribution in [3.05, 3.63) is 34.5 Å². The normalized spacial score (nSPS) is 19.8. The zero-order valence-electron chi connectivity index (χ0n) is 20.8. The van der Waals surface area contributed by atoms with E-state index in [1.54, 1.807) is 0 Å². The molecule has 0 spiro atoms. The summed E-state index contributed by atoms with van der Waals surface area (Å²) in [5.74, 6) is -3.09. The van der Waals surface area contributed by atoms with Crippen LogP contribution in [0.4, 0.5) is 5.13 Å².